The molecule has 0 bridgehead atoms. The summed E-state index contributed by atoms with van der Waals surface area (Å²) in [5.74, 6) is -0.352. The summed E-state index contributed by atoms with van der Waals surface area (Å²) in [6, 6.07) is 17.3. The van der Waals surface area contributed by atoms with Gasteiger partial charge in [0.2, 0.25) is 11.8 Å². The molecular formula is C19H19N3O2S. The quantitative estimate of drug-likeness (QED) is 0.868. The van der Waals surface area contributed by atoms with Crippen LogP contribution in [0.4, 0.5) is 5.69 Å². The van der Waals surface area contributed by atoms with E-state index >= 15 is 0 Å². The number of para-hydroxylation sites is 1. The van der Waals surface area contributed by atoms with Crippen molar-refractivity contribution in [3.05, 3.63) is 65.7 Å². The first kappa shape index (κ1) is 17.2. The lowest BCUT2D eigenvalue weighted by Gasteiger charge is -2.07. The van der Waals surface area contributed by atoms with Crippen LogP contribution in [0.1, 0.15) is 17.5 Å². The number of benzene rings is 2. The molecule has 2 amide bonds. The zero-order valence-electron chi connectivity index (χ0n) is 13.9. The first-order chi connectivity index (χ1) is 12.1. The molecule has 128 valence electrons. The Hall–Kier alpha value is -2.60. The van der Waals surface area contributed by atoms with Gasteiger partial charge in [0.25, 0.3) is 0 Å². The first-order valence-electron chi connectivity index (χ1n) is 8.02. The number of thioether (sulfide) groups is 1. The number of amidine groups is 1. The van der Waals surface area contributed by atoms with Crippen molar-refractivity contribution < 1.29 is 9.59 Å². The predicted molar refractivity (Wildman–Crippen MR) is 102 cm³/mol. The molecule has 25 heavy (non-hydrogen) atoms. The molecule has 0 radical (unpaired) electrons. The Bertz CT molecular complexity index is 788. The number of aliphatic imine (C=N–C) groups is 1. The molecule has 1 heterocycles. The van der Waals surface area contributed by atoms with Crippen molar-refractivity contribution >= 4 is 34.4 Å². The van der Waals surface area contributed by atoms with Gasteiger partial charge in [-0.15, -0.1) is 0 Å². The van der Waals surface area contributed by atoms with Gasteiger partial charge in [-0.1, -0.05) is 59.8 Å². The topological polar surface area (TPSA) is 70.6 Å². The highest BCUT2D eigenvalue weighted by molar-refractivity contribution is 8.15. The third-order valence-corrected chi connectivity index (χ3v) is 4.85. The lowest BCUT2D eigenvalue weighted by molar-refractivity contribution is -0.122. The van der Waals surface area contributed by atoms with Gasteiger partial charge in [0.1, 0.15) is 5.25 Å². The van der Waals surface area contributed by atoms with Crippen LogP contribution in [0.2, 0.25) is 0 Å². The number of carbonyl (C=O) groups is 2. The van der Waals surface area contributed by atoms with Gasteiger partial charge in [0, 0.05) is 12.1 Å². The van der Waals surface area contributed by atoms with Gasteiger partial charge in [-0.25, -0.2) is 0 Å². The van der Waals surface area contributed by atoms with E-state index in [2.05, 4.69) is 15.6 Å². The zero-order chi connectivity index (χ0) is 17.6. The minimum absolute atomic E-state index is 0.120. The van der Waals surface area contributed by atoms with E-state index in [0.29, 0.717) is 11.7 Å². The van der Waals surface area contributed by atoms with E-state index in [1.807, 2.05) is 61.5 Å². The Kier molecular flexibility index (Phi) is 5.50. The fourth-order valence-electron chi connectivity index (χ4n) is 2.37. The maximum absolute atomic E-state index is 12.1. The van der Waals surface area contributed by atoms with Gasteiger partial charge < -0.3 is 10.6 Å². The van der Waals surface area contributed by atoms with E-state index in [-0.39, 0.29) is 18.2 Å². The minimum Gasteiger partial charge on any atom is -0.326 e. The fraction of sp³-hybridized carbons (Fsp3) is 0.211. The summed E-state index contributed by atoms with van der Waals surface area (Å²) in [6.07, 6.45) is 0.120. The molecule has 3 rings (SSSR count). The molecule has 1 unspecified atom stereocenters. The third kappa shape index (κ3) is 4.93. The second kappa shape index (κ2) is 7.98. The normalized spacial score (nSPS) is 18.2. The molecule has 1 aliphatic rings. The van der Waals surface area contributed by atoms with Crippen molar-refractivity contribution in [1.29, 1.82) is 0 Å². The number of anilines is 1. The van der Waals surface area contributed by atoms with Crippen LogP contribution in [0.15, 0.2) is 59.6 Å². The summed E-state index contributed by atoms with van der Waals surface area (Å²) in [5, 5.41) is 5.67. The van der Waals surface area contributed by atoms with Crippen molar-refractivity contribution in [2.75, 3.05) is 5.32 Å². The van der Waals surface area contributed by atoms with E-state index in [4.69, 9.17) is 0 Å². The number of rotatable bonds is 5. The summed E-state index contributed by atoms with van der Waals surface area (Å²) in [6.45, 7) is 2.54. The predicted octanol–water partition coefficient (Wildman–Crippen LogP) is 3.11. The van der Waals surface area contributed by atoms with Crippen LogP contribution in [0.3, 0.4) is 0 Å². The average molecular weight is 353 g/mol. The van der Waals surface area contributed by atoms with E-state index in [0.717, 1.165) is 11.3 Å². The van der Waals surface area contributed by atoms with E-state index in [1.165, 1.54) is 17.3 Å². The summed E-state index contributed by atoms with van der Waals surface area (Å²) >= 11 is 1.31. The Morgan fingerprint density at radius 3 is 2.60 bits per heavy atom. The molecule has 2 N–H and O–H groups in total. The van der Waals surface area contributed by atoms with Crippen molar-refractivity contribution in [2.24, 2.45) is 4.99 Å². The summed E-state index contributed by atoms with van der Waals surface area (Å²) < 4.78 is 0. The molecule has 6 heteroatoms. The molecule has 5 nitrogen and oxygen atoms in total. The largest absolute Gasteiger partial charge is 0.326 e. The molecule has 1 fully saturated rings. The molecule has 1 atom stereocenters. The number of amides is 2. The van der Waals surface area contributed by atoms with Crippen molar-refractivity contribution in [3.8, 4) is 0 Å². The molecule has 0 aliphatic carbocycles. The summed E-state index contributed by atoms with van der Waals surface area (Å²) in [5.41, 5.74) is 3.01. The molecule has 0 saturated carbocycles. The third-order valence-electron chi connectivity index (χ3n) is 3.73. The van der Waals surface area contributed by atoms with Gasteiger partial charge in [0.05, 0.1) is 6.54 Å². The second-order valence-corrected chi connectivity index (χ2v) is 7.01. The van der Waals surface area contributed by atoms with Crippen LogP contribution in [0, 0.1) is 6.92 Å². The van der Waals surface area contributed by atoms with Gasteiger partial charge in [-0.05, 0) is 24.6 Å². The van der Waals surface area contributed by atoms with Crippen molar-refractivity contribution in [1.82, 2.24) is 5.32 Å². The number of hydrogen-bond donors (Lipinski definition) is 2. The molecule has 1 saturated heterocycles. The monoisotopic (exact) mass is 353 g/mol. The zero-order valence-corrected chi connectivity index (χ0v) is 14.7. The van der Waals surface area contributed by atoms with Crippen molar-refractivity contribution in [2.45, 2.75) is 25.1 Å². The number of hydrogen-bond acceptors (Lipinski definition) is 4. The van der Waals surface area contributed by atoms with Crippen LogP contribution in [0.5, 0.6) is 0 Å². The highest BCUT2D eigenvalue weighted by Crippen LogP contribution is 2.23. The van der Waals surface area contributed by atoms with Gasteiger partial charge in [-0.3, -0.25) is 14.6 Å². The van der Waals surface area contributed by atoms with Crippen LogP contribution < -0.4 is 10.6 Å². The highest BCUT2D eigenvalue weighted by atomic mass is 32.2. The number of nitrogens with zero attached hydrogens (tertiary/aromatic N) is 1. The minimum atomic E-state index is -0.444. The lowest BCUT2D eigenvalue weighted by atomic mass is 10.1. The number of aryl methyl sites for hydroxylation is 1. The van der Waals surface area contributed by atoms with Crippen molar-refractivity contribution in [3.63, 3.8) is 0 Å². The highest BCUT2D eigenvalue weighted by Gasteiger charge is 2.31. The Balaban J connectivity index is 1.54. The smallest absolute Gasteiger partial charge is 0.240 e. The Morgan fingerprint density at radius 2 is 1.88 bits per heavy atom. The lowest BCUT2D eigenvalue weighted by Crippen LogP contribution is -2.28. The fourth-order valence-corrected chi connectivity index (χ4v) is 3.34. The van der Waals surface area contributed by atoms with Crippen LogP contribution in [0.25, 0.3) is 0 Å². The van der Waals surface area contributed by atoms with Crippen LogP contribution >= 0.6 is 11.8 Å². The molecule has 2 aromatic carbocycles. The van der Waals surface area contributed by atoms with E-state index in [9.17, 15) is 9.59 Å². The summed E-state index contributed by atoms with van der Waals surface area (Å²) in [4.78, 5) is 28.6. The number of carbonyl (C=O) groups excluding carboxylic acids is 2. The maximum Gasteiger partial charge on any atom is 0.240 e. The first-order valence-corrected chi connectivity index (χ1v) is 8.90. The Morgan fingerprint density at radius 1 is 1.16 bits per heavy atom. The standard InChI is InChI=1S/C19H19N3O2S/c1-13-7-9-14(10-8-13)12-20-19-22-18(24)16(25-19)11-17(23)21-15-5-3-2-4-6-15/h2-10,16H,11-12H2,1H3,(H,21,23)(H,20,22,24). The molecule has 0 spiro atoms. The maximum atomic E-state index is 12.1. The van der Waals surface area contributed by atoms with Gasteiger partial charge in [0.15, 0.2) is 5.17 Å². The summed E-state index contributed by atoms with van der Waals surface area (Å²) in [7, 11) is 0. The van der Waals surface area contributed by atoms with Crippen LogP contribution in [-0.2, 0) is 16.1 Å². The molecule has 0 aromatic heterocycles. The van der Waals surface area contributed by atoms with E-state index in [1.54, 1.807) is 0 Å². The molecule has 1 aliphatic heterocycles. The van der Waals surface area contributed by atoms with Gasteiger partial charge >= 0.3 is 0 Å². The van der Waals surface area contributed by atoms with E-state index < -0.39 is 5.25 Å². The number of nitrogens with one attached hydrogen (secondary N) is 2. The Labute approximate surface area is 150 Å². The average Bonchev–Trinajstić information content (AvgIpc) is 2.95. The van der Waals surface area contributed by atoms with Gasteiger partial charge in [-0.2, -0.15) is 0 Å². The SMILES string of the molecule is Cc1ccc(CN=C2NC(=O)C(CC(=O)Nc3ccccc3)S2)cc1. The van der Waals surface area contributed by atoms with Crippen LogP contribution in [-0.4, -0.2) is 22.2 Å². The molecular weight excluding hydrogens is 334 g/mol. The second-order valence-electron chi connectivity index (χ2n) is 5.82. The molecule has 2 aromatic rings.